The first-order chi connectivity index (χ1) is 14.9. The highest BCUT2D eigenvalue weighted by Gasteiger charge is 2.13. The molecule has 0 unspecified atom stereocenters. The van der Waals surface area contributed by atoms with E-state index in [0.717, 1.165) is 33.8 Å². The molecule has 31 heavy (non-hydrogen) atoms. The molecule has 0 aromatic heterocycles. The van der Waals surface area contributed by atoms with Gasteiger partial charge in [0.05, 0.1) is 19.1 Å². The maximum atomic E-state index is 12.5. The first-order valence-corrected chi connectivity index (χ1v) is 11.5. The molecular formula is C25H27NO4S. The van der Waals surface area contributed by atoms with E-state index in [1.165, 1.54) is 0 Å². The zero-order valence-corrected chi connectivity index (χ0v) is 18.8. The molecule has 0 saturated carbocycles. The summed E-state index contributed by atoms with van der Waals surface area (Å²) in [6.45, 7) is 2.22. The molecule has 0 aliphatic rings. The number of hydrogen-bond donors (Lipinski definition) is 1. The van der Waals surface area contributed by atoms with Crippen molar-refractivity contribution >= 4 is 15.6 Å². The lowest BCUT2D eigenvalue weighted by Gasteiger charge is -2.11. The molecule has 0 amide bonds. The van der Waals surface area contributed by atoms with E-state index in [2.05, 4.69) is 4.72 Å². The van der Waals surface area contributed by atoms with Crippen molar-refractivity contribution in [3.63, 3.8) is 0 Å². The molecule has 162 valence electrons. The van der Waals surface area contributed by atoms with Crippen molar-refractivity contribution in [3.8, 4) is 11.5 Å². The number of methoxy groups -OCH3 is 2. The van der Waals surface area contributed by atoms with E-state index in [-0.39, 0.29) is 4.90 Å². The highest BCUT2D eigenvalue weighted by atomic mass is 32.2. The second kappa shape index (κ2) is 10.3. The molecule has 3 rings (SSSR count). The smallest absolute Gasteiger partial charge is 0.240 e. The van der Waals surface area contributed by atoms with E-state index in [4.69, 9.17) is 9.47 Å². The normalized spacial score (nSPS) is 11.1. The minimum atomic E-state index is -3.53. The van der Waals surface area contributed by atoms with Gasteiger partial charge < -0.3 is 9.47 Å². The number of aryl methyl sites for hydroxylation is 1. The SMILES string of the molecule is COc1ccc(C(=CCCNS(=O)(=O)c2ccc(C)cc2)c2ccc(OC)cc2)cc1. The molecular weight excluding hydrogens is 410 g/mol. The molecule has 0 fully saturated rings. The van der Waals surface area contributed by atoms with Gasteiger partial charge in [-0.05, 0) is 66.4 Å². The lowest BCUT2D eigenvalue weighted by molar-refractivity contribution is 0.414. The maximum Gasteiger partial charge on any atom is 0.240 e. The highest BCUT2D eigenvalue weighted by molar-refractivity contribution is 7.89. The summed E-state index contributed by atoms with van der Waals surface area (Å²) in [6.07, 6.45) is 2.58. The first kappa shape index (κ1) is 22.6. The number of benzene rings is 3. The van der Waals surface area contributed by atoms with Crippen molar-refractivity contribution in [1.29, 1.82) is 0 Å². The standard InChI is InChI=1S/C25H27NO4S/c1-19-6-16-24(17-7-19)31(27,28)26-18-4-5-25(20-8-12-22(29-2)13-9-20)21-10-14-23(30-3)15-11-21/h5-17,26H,4,18H2,1-3H3. The third kappa shape index (κ3) is 5.96. The van der Waals surface area contributed by atoms with Crippen LogP contribution >= 0.6 is 0 Å². The number of nitrogens with one attached hydrogen (secondary N) is 1. The molecule has 0 aliphatic heterocycles. The average molecular weight is 438 g/mol. The average Bonchev–Trinajstić information content (AvgIpc) is 2.80. The Hall–Kier alpha value is -3.09. The van der Waals surface area contributed by atoms with Crippen molar-refractivity contribution in [1.82, 2.24) is 4.72 Å². The molecule has 6 heteroatoms. The number of hydrogen-bond acceptors (Lipinski definition) is 4. The fraction of sp³-hybridized carbons (Fsp3) is 0.200. The molecule has 0 aliphatic carbocycles. The number of sulfonamides is 1. The molecule has 3 aromatic rings. The summed E-state index contributed by atoms with van der Waals surface area (Å²) in [7, 11) is -0.266. The van der Waals surface area contributed by atoms with Gasteiger partial charge in [0, 0.05) is 6.54 Å². The van der Waals surface area contributed by atoms with Crippen molar-refractivity contribution < 1.29 is 17.9 Å². The van der Waals surface area contributed by atoms with Crippen LogP contribution in [0.2, 0.25) is 0 Å². The Morgan fingerprint density at radius 3 is 1.74 bits per heavy atom. The second-order valence-corrected chi connectivity index (χ2v) is 8.84. The molecule has 3 aromatic carbocycles. The van der Waals surface area contributed by atoms with Gasteiger partial charge in [-0.1, -0.05) is 48.0 Å². The van der Waals surface area contributed by atoms with Gasteiger partial charge in [0.25, 0.3) is 0 Å². The molecule has 0 spiro atoms. The monoisotopic (exact) mass is 437 g/mol. The van der Waals surface area contributed by atoms with E-state index in [9.17, 15) is 8.42 Å². The van der Waals surface area contributed by atoms with Crippen LogP contribution in [0.1, 0.15) is 23.1 Å². The summed E-state index contributed by atoms with van der Waals surface area (Å²) in [4.78, 5) is 0.271. The Morgan fingerprint density at radius 2 is 1.29 bits per heavy atom. The van der Waals surface area contributed by atoms with E-state index in [1.54, 1.807) is 38.5 Å². The van der Waals surface area contributed by atoms with Gasteiger partial charge in [-0.3, -0.25) is 0 Å². The quantitative estimate of drug-likeness (QED) is 0.488. The van der Waals surface area contributed by atoms with E-state index in [1.807, 2.05) is 61.5 Å². The lowest BCUT2D eigenvalue weighted by atomic mass is 9.96. The van der Waals surface area contributed by atoms with Crippen LogP contribution in [0.4, 0.5) is 0 Å². The second-order valence-electron chi connectivity index (χ2n) is 7.07. The molecule has 0 bridgehead atoms. The van der Waals surface area contributed by atoms with Gasteiger partial charge in [-0.15, -0.1) is 0 Å². The minimum absolute atomic E-state index is 0.271. The minimum Gasteiger partial charge on any atom is -0.497 e. The Kier molecular flexibility index (Phi) is 7.50. The third-order valence-electron chi connectivity index (χ3n) is 4.92. The molecule has 0 heterocycles. The summed E-state index contributed by atoms with van der Waals surface area (Å²) in [5.74, 6) is 1.56. The summed E-state index contributed by atoms with van der Waals surface area (Å²) in [5.41, 5.74) is 4.07. The van der Waals surface area contributed by atoms with Crippen LogP contribution in [0.15, 0.2) is 83.8 Å². The molecule has 5 nitrogen and oxygen atoms in total. The summed E-state index contributed by atoms with van der Waals surface area (Å²) < 4.78 is 38.2. The number of rotatable bonds is 9. The maximum absolute atomic E-state index is 12.5. The predicted octanol–water partition coefficient (Wildman–Crippen LogP) is 4.81. The van der Waals surface area contributed by atoms with Gasteiger partial charge in [-0.2, -0.15) is 0 Å². The van der Waals surface area contributed by atoms with Crippen molar-refractivity contribution in [2.45, 2.75) is 18.2 Å². The zero-order valence-electron chi connectivity index (χ0n) is 18.0. The van der Waals surface area contributed by atoms with Crippen LogP contribution < -0.4 is 14.2 Å². The van der Waals surface area contributed by atoms with Gasteiger partial charge >= 0.3 is 0 Å². The zero-order chi connectivity index (χ0) is 22.3. The topological polar surface area (TPSA) is 64.6 Å². The van der Waals surface area contributed by atoms with E-state index in [0.29, 0.717) is 13.0 Å². The Bertz CT molecular complexity index is 1070. The van der Waals surface area contributed by atoms with Gasteiger partial charge in [0.15, 0.2) is 0 Å². The van der Waals surface area contributed by atoms with Gasteiger partial charge in [0.2, 0.25) is 10.0 Å². The first-order valence-electron chi connectivity index (χ1n) is 9.98. The Labute approximate surface area is 184 Å². The summed E-state index contributed by atoms with van der Waals surface area (Å²) in [6, 6.07) is 22.4. The van der Waals surface area contributed by atoms with Crippen molar-refractivity contribution in [2.24, 2.45) is 0 Å². The van der Waals surface area contributed by atoms with Crippen molar-refractivity contribution in [2.75, 3.05) is 20.8 Å². The Balaban J connectivity index is 1.78. The van der Waals surface area contributed by atoms with Gasteiger partial charge in [-0.25, -0.2) is 13.1 Å². The summed E-state index contributed by atoms with van der Waals surface area (Å²) in [5, 5.41) is 0. The number of ether oxygens (including phenoxy) is 2. The fourth-order valence-electron chi connectivity index (χ4n) is 3.15. The lowest BCUT2D eigenvalue weighted by Crippen LogP contribution is -2.24. The molecule has 0 saturated heterocycles. The predicted molar refractivity (Wildman–Crippen MR) is 124 cm³/mol. The highest BCUT2D eigenvalue weighted by Crippen LogP contribution is 2.27. The van der Waals surface area contributed by atoms with E-state index >= 15 is 0 Å². The van der Waals surface area contributed by atoms with Crippen molar-refractivity contribution in [3.05, 3.63) is 95.6 Å². The molecule has 0 radical (unpaired) electrons. The largest absolute Gasteiger partial charge is 0.497 e. The third-order valence-corrected chi connectivity index (χ3v) is 6.40. The van der Waals surface area contributed by atoms with Crippen LogP contribution in [0.25, 0.3) is 5.57 Å². The van der Waals surface area contributed by atoms with Crippen LogP contribution in [0.3, 0.4) is 0 Å². The van der Waals surface area contributed by atoms with Crippen LogP contribution in [0, 0.1) is 6.92 Å². The fourth-order valence-corrected chi connectivity index (χ4v) is 4.20. The Morgan fingerprint density at radius 1 is 0.806 bits per heavy atom. The molecule has 0 atom stereocenters. The summed E-state index contributed by atoms with van der Waals surface area (Å²) >= 11 is 0. The van der Waals surface area contributed by atoms with Gasteiger partial charge in [0.1, 0.15) is 11.5 Å². The van der Waals surface area contributed by atoms with Crippen LogP contribution in [0.5, 0.6) is 11.5 Å². The molecule has 1 N–H and O–H groups in total. The van der Waals surface area contributed by atoms with Crippen LogP contribution in [-0.2, 0) is 10.0 Å². The van der Waals surface area contributed by atoms with Crippen LogP contribution in [-0.4, -0.2) is 29.2 Å². The van der Waals surface area contributed by atoms with E-state index < -0.39 is 10.0 Å².